The quantitative estimate of drug-likeness (QED) is 0.742. The molecule has 1 N–H and O–H groups in total. The first kappa shape index (κ1) is 18.2. The molecule has 8 heteroatoms. The molecule has 0 spiro atoms. The van der Waals surface area contributed by atoms with Crippen LogP contribution in [0.1, 0.15) is 24.2 Å². The Balaban J connectivity index is 1.47. The molecule has 4 rings (SSSR count). The molecule has 0 saturated carbocycles. The molecule has 28 heavy (non-hydrogen) atoms. The Morgan fingerprint density at radius 3 is 2.64 bits per heavy atom. The van der Waals surface area contributed by atoms with Gasteiger partial charge in [-0.2, -0.15) is 0 Å². The minimum Gasteiger partial charge on any atom is -0.489 e. The summed E-state index contributed by atoms with van der Waals surface area (Å²) >= 11 is 0. The Kier molecular flexibility index (Phi) is 4.85. The monoisotopic (exact) mass is 381 g/mol. The van der Waals surface area contributed by atoms with Crippen molar-refractivity contribution in [3.63, 3.8) is 0 Å². The van der Waals surface area contributed by atoms with Gasteiger partial charge in [0.05, 0.1) is 18.7 Å². The molecule has 3 aromatic rings. The van der Waals surface area contributed by atoms with Crippen LogP contribution in [0.2, 0.25) is 0 Å². The molecule has 146 valence electrons. The van der Waals surface area contributed by atoms with Gasteiger partial charge in [-0.3, -0.25) is 4.79 Å². The van der Waals surface area contributed by atoms with Gasteiger partial charge >= 0.3 is 0 Å². The van der Waals surface area contributed by atoms with Crippen LogP contribution in [0.4, 0.5) is 5.82 Å². The van der Waals surface area contributed by atoms with E-state index in [1.54, 1.807) is 26.3 Å². The third-order valence-corrected chi connectivity index (χ3v) is 4.94. The second-order valence-corrected chi connectivity index (χ2v) is 6.99. The lowest BCUT2D eigenvalue weighted by molar-refractivity contribution is 0.170. The molecule has 1 saturated heterocycles. The molecule has 1 aliphatic heterocycles. The topological polar surface area (TPSA) is 93.2 Å². The van der Waals surface area contributed by atoms with Gasteiger partial charge in [-0.25, -0.2) is 15.0 Å². The number of hydrogen-bond donors (Lipinski definition) is 1. The number of aryl methyl sites for hydroxylation is 2. The molecule has 0 bridgehead atoms. The molecule has 0 unspecified atom stereocenters. The summed E-state index contributed by atoms with van der Waals surface area (Å²) in [5.41, 5.74) is 1.32. The molecule has 8 nitrogen and oxygen atoms in total. The van der Waals surface area contributed by atoms with Crippen molar-refractivity contribution in [3.05, 3.63) is 46.1 Å². The van der Waals surface area contributed by atoms with E-state index in [1.807, 2.05) is 19.1 Å². The number of pyridine rings is 2. The first-order chi connectivity index (χ1) is 13.5. The van der Waals surface area contributed by atoms with Crippen molar-refractivity contribution in [2.45, 2.75) is 32.8 Å². The molecule has 1 aliphatic rings. The van der Waals surface area contributed by atoms with Crippen LogP contribution in [0.15, 0.2) is 29.2 Å². The summed E-state index contributed by atoms with van der Waals surface area (Å²) in [6, 6.07) is 5.54. The average molecular weight is 381 g/mol. The fraction of sp³-hybridized carbons (Fsp3) is 0.400. The summed E-state index contributed by atoms with van der Waals surface area (Å²) in [6.45, 7) is 5.40. The Morgan fingerprint density at radius 1 is 1.18 bits per heavy atom. The van der Waals surface area contributed by atoms with E-state index in [0.29, 0.717) is 22.7 Å². The number of aromatic amines is 1. The van der Waals surface area contributed by atoms with E-state index in [4.69, 9.17) is 9.47 Å². The van der Waals surface area contributed by atoms with Crippen molar-refractivity contribution in [3.8, 4) is 11.6 Å². The normalized spacial score (nSPS) is 15.0. The third kappa shape index (κ3) is 3.62. The zero-order chi connectivity index (χ0) is 19.7. The van der Waals surface area contributed by atoms with Gasteiger partial charge in [0.1, 0.15) is 23.5 Å². The fourth-order valence-electron chi connectivity index (χ4n) is 3.52. The van der Waals surface area contributed by atoms with Crippen molar-refractivity contribution >= 4 is 16.9 Å². The third-order valence-electron chi connectivity index (χ3n) is 4.94. The average Bonchev–Trinajstić information content (AvgIpc) is 2.69. The van der Waals surface area contributed by atoms with Gasteiger partial charge in [0, 0.05) is 32.0 Å². The van der Waals surface area contributed by atoms with E-state index in [1.165, 1.54) is 0 Å². The maximum Gasteiger partial charge on any atom is 0.260 e. The number of rotatable bonds is 4. The minimum absolute atomic E-state index is 0.135. The molecular weight excluding hydrogens is 358 g/mol. The summed E-state index contributed by atoms with van der Waals surface area (Å²) in [4.78, 5) is 30.3. The maximum atomic E-state index is 12.1. The number of anilines is 1. The Hall–Kier alpha value is -3.16. The molecule has 0 radical (unpaired) electrons. The van der Waals surface area contributed by atoms with Crippen LogP contribution < -0.4 is 19.9 Å². The predicted molar refractivity (Wildman–Crippen MR) is 106 cm³/mol. The molecule has 0 amide bonds. The van der Waals surface area contributed by atoms with Crippen LogP contribution >= 0.6 is 0 Å². The van der Waals surface area contributed by atoms with Gasteiger partial charge < -0.3 is 19.4 Å². The van der Waals surface area contributed by atoms with Gasteiger partial charge in [-0.15, -0.1) is 0 Å². The van der Waals surface area contributed by atoms with Crippen LogP contribution in [0.25, 0.3) is 11.0 Å². The number of nitrogens with one attached hydrogen (secondary N) is 1. The highest BCUT2D eigenvalue weighted by Gasteiger charge is 2.23. The highest BCUT2D eigenvalue weighted by molar-refractivity contribution is 5.77. The van der Waals surface area contributed by atoms with Gasteiger partial charge in [0.15, 0.2) is 5.65 Å². The first-order valence-corrected chi connectivity index (χ1v) is 9.33. The smallest absolute Gasteiger partial charge is 0.260 e. The van der Waals surface area contributed by atoms with E-state index in [9.17, 15) is 4.79 Å². The number of H-pyrrole nitrogens is 1. The Morgan fingerprint density at radius 2 is 1.96 bits per heavy atom. The number of piperidine rings is 1. The van der Waals surface area contributed by atoms with Crippen molar-refractivity contribution in [2.75, 3.05) is 25.1 Å². The number of nitrogens with zero attached hydrogens (tertiary/aromatic N) is 4. The Labute approximate surface area is 162 Å². The summed E-state index contributed by atoms with van der Waals surface area (Å²) in [5.74, 6) is 2.77. The highest BCUT2D eigenvalue weighted by Crippen LogP contribution is 2.26. The molecule has 1 fully saturated rings. The molecule has 0 atom stereocenters. The lowest BCUT2D eigenvalue weighted by Gasteiger charge is -2.33. The highest BCUT2D eigenvalue weighted by atomic mass is 16.5. The second kappa shape index (κ2) is 7.46. The van der Waals surface area contributed by atoms with Crippen molar-refractivity contribution in [1.29, 1.82) is 0 Å². The van der Waals surface area contributed by atoms with E-state index in [0.717, 1.165) is 43.1 Å². The van der Waals surface area contributed by atoms with Crippen LogP contribution in [-0.2, 0) is 0 Å². The second-order valence-electron chi connectivity index (χ2n) is 6.99. The predicted octanol–water partition coefficient (Wildman–Crippen LogP) is 2.39. The standard InChI is InChI=1S/C20H23N5O3/c1-12-10-16-18(22-13(2)23-20(16)26)24-19(12)25-8-6-14(7-9-25)28-15-4-5-17(27-3)21-11-15/h4-5,10-11,14H,6-9H2,1-3H3,(H,22,23,24,26). The largest absolute Gasteiger partial charge is 0.489 e. The van der Waals surface area contributed by atoms with E-state index in [2.05, 4.69) is 24.8 Å². The van der Waals surface area contributed by atoms with Crippen LogP contribution in [0.3, 0.4) is 0 Å². The van der Waals surface area contributed by atoms with Crippen molar-refractivity contribution < 1.29 is 9.47 Å². The first-order valence-electron chi connectivity index (χ1n) is 9.33. The number of methoxy groups -OCH3 is 1. The van der Waals surface area contributed by atoms with Gasteiger partial charge in [0.25, 0.3) is 5.56 Å². The maximum absolute atomic E-state index is 12.1. The zero-order valence-corrected chi connectivity index (χ0v) is 16.2. The Bertz CT molecular complexity index is 1040. The molecule has 0 aliphatic carbocycles. The molecular formula is C20H23N5O3. The summed E-state index contributed by atoms with van der Waals surface area (Å²) in [6.07, 6.45) is 3.58. The van der Waals surface area contributed by atoms with E-state index < -0.39 is 0 Å². The molecule has 3 aromatic heterocycles. The molecule has 0 aromatic carbocycles. The van der Waals surface area contributed by atoms with Crippen LogP contribution in [0, 0.1) is 13.8 Å². The number of fused-ring (bicyclic) bond motifs is 1. The number of hydrogen-bond acceptors (Lipinski definition) is 7. The SMILES string of the molecule is COc1ccc(OC2CCN(c3nc4nc(C)[nH]c(=O)c4cc3C)CC2)cn1. The summed E-state index contributed by atoms with van der Waals surface area (Å²) < 4.78 is 11.1. The van der Waals surface area contributed by atoms with E-state index in [-0.39, 0.29) is 11.7 Å². The summed E-state index contributed by atoms with van der Waals surface area (Å²) in [7, 11) is 1.59. The lowest BCUT2D eigenvalue weighted by Crippen LogP contribution is -2.39. The van der Waals surface area contributed by atoms with Gasteiger partial charge in [-0.1, -0.05) is 0 Å². The number of aromatic nitrogens is 4. The van der Waals surface area contributed by atoms with Crippen molar-refractivity contribution in [1.82, 2.24) is 19.9 Å². The van der Waals surface area contributed by atoms with Crippen LogP contribution in [0.5, 0.6) is 11.6 Å². The fourth-order valence-corrected chi connectivity index (χ4v) is 3.52. The van der Waals surface area contributed by atoms with E-state index >= 15 is 0 Å². The molecule has 4 heterocycles. The summed E-state index contributed by atoms with van der Waals surface area (Å²) in [5, 5.41) is 0.525. The minimum atomic E-state index is -0.148. The van der Waals surface area contributed by atoms with Gasteiger partial charge in [-0.05, 0) is 31.5 Å². The zero-order valence-electron chi connectivity index (χ0n) is 16.2. The number of ether oxygens (including phenoxy) is 2. The lowest BCUT2D eigenvalue weighted by atomic mass is 10.1. The van der Waals surface area contributed by atoms with Crippen molar-refractivity contribution in [2.24, 2.45) is 0 Å². The van der Waals surface area contributed by atoms with Crippen LogP contribution in [-0.4, -0.2) is 46.2 Å². The van der Waals surface area contributed by atoms with Gasteiger partial charge in [0.2, 0.25) is 5.88 Å².